The fourth-order valence-electron chi connectivity index (χ4n) is 1.52. The van der Waals surface area contributed by atoms with Crippen molar-refractivity contribution in [2.75, 3.05) is 0 Å². The van der Waals surface area contributed by atoms with Crippen molar-refractivity contribution in [2.45, 2.75) is 38.8 Å². The summed E-state index contributed by atoms with van der Waals surface area (Å²) >= 11 is 0. The van der Waals surface area contributed by atoms with Crippen LogP contribution in [0.5, 0.6) is 0 Å². The van der Waals surface area contributed by atoms with Crippen LogP contribution < -0.4 is 11.1 Å². The van der Waals surface area contributed by atoms with Crippen LogP contribution in [0.3, 0.4) is 0 Å². The minimum Gasteiger partial charge on any atom is -0.352 e. The van der Waals surface area contributed by atoms with Crippen molar-refractivity contribution in [2.24, 2.45) is 5.73 Å². The lowest BCUT2D eigenvalue weighted by Gasteiger charge is -2.07. The van der Waals surface area contributed by atoms with Crippen molar-refractivity contribution in [3.8, 4) is 0 Å². The highest BCUT2D eigenvalue weighted by Gasteiger charge is 2.05. The van der Waals surface area contributed by atoms with E-state index in [4.69, 9.17) is 5.73 Å². The summed E-state index contributed by atoms with van der Waals surface area (Å²) in [6.07, 6.45) is 1.91. The first kappa shape index (κ1) is 14.6. The first-order valence-electron chi connectivity index (χ1n) is 5.95. The van der Waals surface area contributed by atoms with Gasteiger partial charge >= 0.3 is 0 Å². The fraction of sp³-hybridized carbons (Fsp3) is 0.462. The Bertz CT molecular complexity index is 408. The topological polar surface area (TPSA) is 55.1 Å². The van der Waals surface area contributed by atoms with E-state index in [0.717, 1.165) is 25.0 Å². The minimum absolute atomic E-state index is 0.0870. The lowest BCUT2D eigenvalue weighted by Crippen LogP contribution is -2.23. The molecule has 1 unspecified atom stereocenters. The van der Waals surface area contributed by atoms with Crippen LogP contribution in [0.1, 0.15) is 31.7 Å². The number of carbonyl (C=O) groups is 1. The van der Waals surface area contributed by atoms with Gasteiger partial charge in [-0.15, -0.1) is 0 Å². The summed E-state index contributed by atoms with van der Waals surface area (Å²) < 4.78 is 25.6. The Morgan fingerprint density at radius 1 is 1.39 bits per heavy atom. The van der Waals surface area contributed by atoms with E-state index < -0.39 is 11.6 Å². The molecule has 1 aromatic carbocycles. The average molecular weight is 256 g/mol. The number of rotatable bonds is 6. The molecule has 0 radical (unpaired) electrons. The van der Waals surface area contributed by atoms with E-state index in [0.29, 0.717) is 12.0 Å². The van der Waals surface area contributed by atoms with Crippen molar-refractivity contribution in [1.29, 1.82) is 0 Å². The van der Waals surface area contributed by atoms with Crippen LogP contribution in [-0.2, 0) is 11.3 Å². The minimum atomic E-state index is -0.904. The maximum atomic E-state index is 12.9. The quantitative estimate of drug-likeness (QED) is 0.819. The molecular formula is C13H18F2N2O. The second-order valence-corrected chi connectivity index (χ2v) is 4.39. The number of benzene rings is 1. The van der Waals surface area contributed by atoms with Crippen LogP contribution in [0, 0.1) is 11.6 Å². The molecule has 100 valence electrons. The molecule has 3 N–H and O–H groups in total. The molecule has 0 fully saturated rings. The Balaban J connectivity index is 2.31. The zero-order valence-corrected chi connectivity index (χ0v) is 10.4. The summed E-state index contributed by atoms with van der Waals surface area (Å²) in [4.78, 5) is 11.4. The van der Waals surface area contributed by atoms with Gasteiger partial charge in [0, 0.05) is 19.0 Å². The molecule has 3 nitrogen and oxygen atoms in total. The number of hydrogen-bond donors (Lipinski definition) is 2. The summed E-state index contributed by atoms with van der Waals surface area (Å²) in [5, 5.41) is 2.65. The zero-order chi connectivity index (χ0) is 13.5. The molecule has 18 heavy (non-hydrogen) atoms. The van der Waals surface area contributed by atoms with Crippen molar-refractivity contribution in [1.82, 2.24) is 5.32 Å². The van der Waals surface area contributed by atoms with E-state index in [1.807, 2.05) is 6.92 Å². The van der Waals surface area contributed by atoms with Crippen molar-refractivity contribution < 1.29 is 13.6 Å². The van der Waals surface area contributed by atoms with Crippen molar-refractivity contribution in [3.63, 3.8) is 0 Å². The SMILES string of the molecule is CC(N)CCCC(=O)NCc1ccc(F)c(F)c1. The molecule has 1 rings (SSSR count). The molecule has 1 aromatic rings. The molecule has 0 saturated carbocycles. The summed E-state index contributed by atoms with van der Waals surface area (Å²) in [5.41, 5.74) is 6.10. The highest BCUT2D eigenvalue weighted by atomic mass is 19.2. The molecule has 1 atom stereocenters. The van der Waals surface area contributed by atoms with Gasteiger partial charge in [-0.05, 0) is 37.5 Å². The van der Waals surface area contributed by atoms with E-state index in [1.165, 1.54) is 6.07 Å². The number of nitrogens with one attached hydrogen (secondary N) is 1. The third-order valence-electron chi connectivity index (χ3n) is 2.54. The van der Waals surface area contributed by atoms with Crippen molar-refractivity contribution in [3.05, 3.63) is 35.4 Å². The lowest BCUT2D eigenvalue weighted by atomic mass is 10.1. The van der Waals surface area contributed by atoms with Gasteiger partial charge in [-0.2, -0.15) is 0 Å². The number of halogens is 2. The molecule has 0 aromatic heterocycles. The Hall–Kier alpha value is -1.49. The van der Waals surface area contributed by atoms with Crippen LogP contribution >= 0.6 is 0 Å². The van der Waals surface area contributed by atoms with E-state index in [2.05, 4.69) is 5.32 Å². The largest absolute Gasteiger partial charge is 0.352 e. The Morgan fingerprint density at radius 3 is 2.72 bits per heavy atom. The Labute approximate surface area is 105 Å². The second kappa shape index (κ2) is 7.06. The van der Waals surface area contributed by atoms with Gasteiger partial charge in [-0.1, -0.05) is 6.07 Å². The Kier molecular flexibility index (Phi) is 5.71. The summed E-state index contributed by atoms with van der Waals surface area (Å²) in [7, 11) is 0. The van der Waals surface area contributed by atoms with E-state index in [-0.39, 0.29) is 18.5 Å². The first-order chi connectivity index (χ1) is 8.49. The third-order valence-corrected chi connectivity index (χ3v) is 2.54. The Morgan fingerprint density at radius 2 is 2.11 bits per heavy atom. The molecular weight excluding hydrogens is 238 g/mol. The predicted molar refractivity (Wildman–Crippen MR) is 65.7 cm³/mol. The van der Waals surface area contributed by atoms with E-state index in [1.54, 1.807) is 0 Å². The standard InChI is InChI=1S/C13H18F2N2O/c1-9(16)3-2-4-13(18)17-8-10-5-6-11(14)12(15)7-10/h5-7,9H,2-4,8,16H2,1H3,(H,17,18). The average Bonchev–Trinajstić information content (AvgIpc) is 2.30. The predicted octanol–water partition coefficient (Wildman–Crippen LogP) is 2.10. The van der Waals surface area contributed by atoms with Gasteiger partial charge < -0.3 is 11.1 Å². The first-order valence-corrected chi connectivity index (χ1v) is 5.95. The molecule has 0 aliphatic rings. The maximum absolute atomic E-state index is 12.9. The van der Waals surface area contributed by atoms with Gasteiger partial charge in [0.25, 0.3) is 0 Å². The highest BCUT2D eigenvalue weighted by Crippen LogP contribution is 2.08. The summed E-state index contributed by atoms with van der Waals surface area (Å²) in [5.74, 6) is -1.90. The van der Waals surface area contributed by atoms with Crippen LogP contribution in [0.4, 0.5) is 8.78 Å². The number of amides is 1. The molecule has 0 bridgehead atoms. The van der Waals surface area contributed by atoms with Crippen molar-refractivity contribution >= 4 is 5.91 Å². The van der Waals surface area contributed by atoms with Gasteiger partial charge in [-0.3, -0.25) is 4.79 Å². The molecule has 0 heterocycles. The molecule has 0 aliphatic carbocycles. The van der Waals surface area contributed by atoms with Crippen LogP contribution in [0.25, 0.3) is 0 Å². The smallest absolute Gasteiger partial charge is 0.220 e. The van der Waals surface area contributed by atoms with E-state index >= 15 is 0 Å². The molecule has 0 aliphatic heterocycles. The summed E-state index contributed by atoms with van der Waals surface area (Å²) in [6.45, 7) is 2.09. The van der Waals surface area contributed by atoms with Crippen LogP contribution in [0.2, 0.25) is 0 Å². The number of hydrogen-bond acceptors (Lipinski definition) is 2. The fourth-order valence-corrected chi connectivity index (χ4v) is 1.52. The second-order valence-electron chi connectivity index (χ2n) is 4.39. The third kappa shape index (κ3) is 5.23. The zero-order valence-electron chi connectivity index (χ0n) is 10.4. The molecule has 0 saturated heterocycles. The monoisotopic (exact) mass is 256 g/mol. The molecule has 5 heteroatoms. The van der Waals surface area contributed by atoms with Gasteiger partial charge in [0.05, 0.1) is 0 Å². The van der Waals surface area contributed by atoms with Crippen LogP contribution in [-0.4, -0.2) is 11.9 Å². The lowest BCUT2D eigenvalue weighted by molar-refractivity contribution is -0.121. The maximum Gasteiger partial charge on any atom is 0.220 e. The number of carbonyl (C=O) groups excluding carboxylic acids is 1. The van der Waals surface area contributed by atoms with Gasteiger partial charge in [-0.25, -0.2) is 8.78 Å². The van der Waals surface area contributed by atoms with Crippen LogP contribution in [0.15, 0.2) is 18.2 Å². The van der Waals surface area contributed by atoms with E-state index in [9.17, 15) is 13.6 Å². The molecule has 0 spiro atoms. The number of nitrogens with two attached hydrogens (primary N) is 1. The van der Waals surface area contributed by atoms with Gasteiger partial charge in [0.15, 0.2) is 11.6 Å². The summed E-state index contributed by atoms with van der Waals surface area (Å²) in [6, 6.07) is 3.66. The van der Waals surface area contributed by atoms with Gasteiger partial charge in [0.2, 0.25) is 5.91 Å². The van der Waals surface area contributed by atoms with Gasteiger partial charge in [0.1, 0.15) is 0 Å². The normalized spacial score (nSPS) is 12.2. The highest BCUT2D eigenvalue weighted by molar-refractivity contribution is 5.75. The molecule has 1 amide bonds.